The molecule has 11 nitrogen and oxygen atoms in total. The number of ether oxygens (including phenoxy) is 1. The summed E-state index contributed by atoms with van der Waals surface area (Å²) in [6.07, 6.45) is -0.00688. The third-order valence-electron chi connectivity index (χ3n) is 5.47. The molecule has 35 heavy (non-hydrogen) atoms. The maximum absolute atomic E-state index is 13.4. The molecule has 1 aromatic carbocycles. The van der Waals surface area contributed by atoms with Gasteiger partial charge in [0.15, 0.2) is 0 Å². The van der Waals surface area contributed by atoms with E-state index >= 15 is 0 Å². The fourth-order valence-electron chi connectivity index (χ4n) is 3.71. The Balaban J connectivity index is 1.64. The number of methoxy groups -OCH3 is 1. The highest BCUT2D eigenvalue weighted by molar-refractivity contribution is 7.89. The molecule has 4 rings (SSSR count). The molecule has 4 N–H and O–H groups in total. The van der Waals surface area contributed by atoms with Crippen molar-refractivity contribution in [2.45, 2.75) is 30.1 Å². The molecule has 0 radical (unpaired) electrons. The smallest absolute Gasteiger partial charge is 0.264 e. The average Bonchev–Trinajstić information content (AvgIpc) is 3.32. The molecule has 2 atom stereocenters. The van der Waals surface area contributed by atoms with Gasteiger partial charge in [-0.15, -0.1) is 11.3 Å². The predicted molar refractivity (Wildman–Crippen MR) is 124 cm³/mol. The maximum atomic E-state index is 13.4. The largest absolute Gasteiger partial charge is 0.497 e. The molecule has 0 spiro atoms. The number of thiophene rings is 1. The third kappa shape index (κ3) is 4.90. The molecule has 0 aliphatic carbocycles. The van der Waals surface area contributed by atoms with Crippen molar-refractivity contribution in [1.29, 1.82) is 0 Å². The van der Waals surface area contributed by atoms with Crippen molar-refractivity contribution >= 4 is 33.2 Å². The van der Waals surface area contributed by atoms with E-state index < -0.39 is 34.0 Å². The first kappa shape index (κ1) is 24.8. The van der Waals surface area contributed by atoms with Crippen LogP contribution < -0.4 is 15.5 Å². The summed E-state index contributed by atoms with van der Waals surface area (Å²) >= 11 is 0.950. The Morgan fingerprint density at radius 3 is 2.60 bits per heavy atom. The van der Waals surface area contributed by atoms with Crippen molar-refractivity contribution in [2.75, 3.05) is 7.11 Å². The highest BCUT2D eigenvalue weighted by atomic mass is 32.2. The highest BCUT2D eigenvalue weighted by Gasteiger charge is 2.46. The van der Waals surface area contributed by atoms with Crippen molar-refractivity contribution in [3.8, 4) is 5.75 Å². The summed E-state index contributed by atoms with van der Waals surface area (Å²) in [6.45, 7) is -0.110. The zero-order valence-corrected chi connectivity index (χ0v) is 20.0. The van der Waals surface area contributed by atoms with Gasteiger partial charge in [-0.2, -0.15) is 4.31 Å². The topological polar surface area (TPSA) is 158 Å². The van der Waals surface area contributed by atoms with Crippen molar-refractivity contribution in [3.63, 3.8) is 0 Å². The second-order valence-electron chi connectivity index (χ2n) is 7.60. The summed E-state index contributed by atoms with van der Waals surface area (Å²) in [5.74, 6) is -1.10. The molecule has 0 saturated carbocycles. The summed E-state index contributed by atoms with van der Waals surface area (Å²) < 4.78 is 32.7. The van der Waals surface area contributed by atoms with Gasteiger partial charge in [-0.25, -0.2) is 13.9 Å². The van der Waals surface area contributed by atoms with E-state index in [-0.39, 0.29) is 27.7 Å². The number of fused-ring (bicyclic) bond motifs is 1. The van der Waals surface area contributed by atoms with E-state index in [1.165, 1.54) is 42.9 Å². The standard InChI is InChI=1S/C22H22N4O7S2/c1-33-15-5-7-16(8-6-15)35(31,32)26-12-13-10-17(21(28)24-11-14-4-2-3-9-23-14)34-20(13)19(27)18(26)22(29)25-30/h2-10,18-19,27,30H,11-12H2,1H3,(H,24,28)(H,25,29)/t18-,19-/m1/s1. The van der Waals surface area contributed by atoms with Gasteiger partial charge in [0.05, 0.1) is 29.1 Å². The van der Waals surface area contributed by atoms with Gasteiger partial charge in [0.1, 0.15) is 17.9 Å². The fourth-order valence-corrected chi connectivity index (χ4v) is 6.39. The van der Waals surface area contributed by atoms with Gasteiger partial charge < -0.3 is 15.2 Å². The first-order valence-electron chi connectivity index (χ1n) is 10.3. The van der Waals surface area contributed by atoms with E-state index in [0.717, 1.165) is 15.6 Å². The summed E-state index contributed by atoms with van der Waals surface area (Å²) in [5, 5.41) is 22.9. The second kappa shape index (κ2) is 10.1. The molecule has 0 unspecified atom stereocenters. The number of aromatic nitrogens is 1. The minimum Gasteiger partial charge on any atom is -0.497 e. The van der Waals surface area contributed by atoms with E-state index in [2.05, 4.69) is 10.3 Å². The van der Waals surface area contributed by atoms with Crippen molar-refractivity contribution < 1.29 is 33.1 Å². The van der Waals surface area contributed by atoms with Crippen LogP contribution in [-0.4, -0.2) is 53.0 Å². The number of hydroxylamine groups is 1. The van der Waals surface area contributed by atoms with Gasteiger partial charge in [0, 0.05) is 17.6 Å². The normalized spacial score (nSPS) is 17.9. The number of carbonyl (C=O) groups excluding carboxylic acids is 2. The molecule has 1 aliphatic heterocycles. The number of rotatable bonds is 7. The number of hydrogen-bond donors (Lipinski definition) is 4. The number of sulfonamides is 1. The second-order valence-corrected chi connectivity index (χ2v) is 10.6. The summed E-state index contributed by atoms with van der Waals surface area (Å²) in [6, 6.07) is 10.7. The zero-order chi connectivity index (χ0) is 25.2. The quantitative estimate of drug-likeness (QED) is 0.268. The fraction of sp³-hybridized carbons (Fsp3) is 0.227. The number of pyridine rings is 1. The van der Waals surface area contributed by atoms with Crippen LogP contribution in [0.5, 0.6) is 5.75 Å². The molecule has 3 heterocycles. The Bertz CT molecular complexity index is 1330. The monoisotopic (exact) mass is 518 g/mol. The Morgan fingerprint density at radius 2 is 1.97 bits per heavy atom. The van der Waals surface area contributed by atoms with Crippen LogP contribution in [0.2, 0.25) is 0 Å². The molecule has 2 amide bonds. The van der Waals surface area contributed by atoms with Crippen LogP contribution in [0.4, 0.5) is 0 Å². The Morgan fingerprint density at radius 1 is 1.23 bits per heavy atom. The Hall–Kier alpha value is -3.36. The minimum atomic E-state index is -4.28. The number of benzene rings is 1. The number of nitrogens with zero attached hydrogens (tertiary/aromatic N) is 2. The SMILES string of the molecule is COc1ccc(S(=O)(=O)N2Cc3cc(C(=O)NCc4ccccn4)sc3[C@H](O)[C@@H]2C(=O)NO)cc1. The molecule has 184 valence electrons. The first-order chi connectivity index (χ1) is 16.8. The van der Waals surface area contributed by atoms with Gasteiger partial charge in [-0.3, -0.25) is 19.8 Å². The lowest BCUT2D eigenvalue weighted by Crippen LogP contribution is -2.53. The van der Waals surface area contributed by atoms with Crippen molar-refractivity contribution in [3.05, 3.63) is 75.7 Å². The molecule has 2 aromatic heterocycles. The first-order valence-corrected chi connectivity index (χ1v) is 12.6. The highest BCUT2D eigenvalue weighted by Crippen LogP contribution is 2.40. The number of hydrogen-bond acceptors (Lipinski definition) is 9. The van der Waals surface area contributed by atoms with E-state index in [1.807, 2.05) is 0 Å². The van der Waals surface area contributed by atoms with Crippen LogP contribution >= 0.6 is 11.3 Å². The van der Waals surface area contributed by atoms with Gasteiger partial charge >= 0.3 is 0 Å². The molecule has 0 fully saturated rings. The van der Waals surface area contributed by atoms with E-state index in [1.54, 1.807) is 24.4 Å². The van der Waals surface area contributed by atoms with Gasteiger partial charge in [0.2, 0.25) is 10.0 Å². The van der Waals surface area contributed by atoms with Crippen molar-refractivity contribution in [1.82, 2.24) is 20.1 Å². The van der Waals surface area contributed by atoms with Gasteiger partial charge in [0.25, 0.3) is 11.8 Å². The predicted octanol–water partition coefficient (Wildman–Crippen LogP) is 1.19. The van der Waals surface area contributed by atoms with Crippen LogP contribution in [0.3, 0.4) is 0 Å². The van der Waals surface area contributed by atoms with Crippen LogP contribution in [0.1, 0.15) is 31.9 Å². The van der Waals surface area contributed by atoms with Crippen LogP contribution in [0, 0.1) is 0 Å². The third-order valence-corrected chi connectivity index (χ3v) is 8.56. The van der Waals surface area contributed by atoms with Crippen LogP contribution in [0.25, 0.3) is 0 Å². The lowest BCUT2D eigenvalue weighted by Gasteiger charge is -2.36. The lowest BCUT2D eigenvalue weighted by molar-refractivity contribution is -0.137. The number of aliphatic hydroxyl groups excluding tert-OH is 1. The molecule has 3 aromatic rings. The molecule has 0 bridgehead atoms. The summed E-state index contributed by atoms with van der Waals surface area (Å²) in [7, 11) is -2.84. The summed E-state index contributed by atoms with van der Waals surface area (Å²) in [4.78, 5) is 29.7. The minimum absolute atomic E-state index is 0.131. The van der Waals surface area contributed by atoms with Crippen LogP contribution in [0.15, 0.2) is 59.6 Å². The number of carbonyl (C=O) groups is 2. The van der Waals surface area contributed by atoms with Gasteiger partial charge in [-0.05, 0) is 48.0 Å². The molecular weight excluding hydrogens is 496 g/mol. The zero-order valence-electron chi connectivity index (χ0n) is 18.4. The molecule has 0 saturated heterocycles. The van der Waals surface area contributed by atoms with E-state index in [9.17, 15) is 28.3 Å². The number of amides is 2. The molecule has 13 heteroatoms. The molecular formula is C22H22N4O7S2. The Kier molecular flexibility index (Phi) is 7.14. The van der Waals surface area contributed by atoms with E-state index in [4.69, 9.17) is 4.74 Å². The average molecular weight is 519 g/mol. The van der Waals surface area contributed by atoms with Crippen LogP contribution in [-0.2, 0) is 27.9 Å². The maximum Gasteiger partial charge on any atom is 0.264 e. The number of nitrogens with one attached hydrogen (secondary N) is 2. The van der Waals surface area contributed by atoms with Gasteiger partial charge in [-0.1, -0.05) is 6.07 Å². The molecule has 1 aliphatic rings. The Labute approximate surface area is 205 Å². The lowest BCUT2D eigenvalue weighted by atomic mass is 10.0. The van der Waals surface area contributed by atoms with E-state index in [0.29, 0.717) is 17.0 Å². The summed E-state index contributed by atoms with van der Waals surface area (Å²) in [5.41, 5.74) is 2.46. The van der Waals surface area contributed by atoms with Crippen molar-refractivity contribution in [2.24, 2.45) is 0 Å². The number of aliphatic hydroxyl groups is 1.